The fourth-order valence-electron chi connectivity index (χ4n) is 3.50. The van der Waals surface area contributed by atoms with Crippen molar-refractivity contribution in [3.8, 4) is 5.75 Å². The van der Waals surface area contributed by atoms with Gasteiger partial charge in [-0.3, -0.25) is 0 Å². The van der Waals surface area contributed by atoms with Crippen LogP contribution in [-0.2, 0) is 16.1 Å². The molecular weight excluding hydrogens is 403 g/mol. The summed E-state index contributed by atoms with van der Waals surface area (Å²) < 4.78 is 24.9. The third kappa shape index (κ3) is 3.98. The van der Waals surface area contributed by atoms with E-state index in [-0.39, 0.29) is 19.0 Å². The predicted molar refractivity (Wildman–Crippen MR) is 115 cm³/mol. The van der Waals surface area contributed by atoms with Gasteiger partial charge in [-0.25, -0.2) is 14.2 Å². The topological polar surface area (TPSA) is 51.1 Å². The highest BCUT2D eigenvalue weighted by Crippen LogP contribution is 2.43. The number of para-hydroxylation sites is 1. The highest BCUT2D eigenvalue weighted by molar-refractivity contribution is 8.16. The maximum absolute atomic E-state index is 13.5. The van der Waals surface area contributed by atoms with Gasteiger partial charge < -0.3 is 14.4 Å². The predicted octanol–water partition coefficient (Wildman–Crippen LogP) is 5.17. The number of benzene rings is 2. The van der Waals surface area contributed by atoms with Gasteiger partial charge in [0.2, 0.25) is 0 Å². The molecule has 154 valence electrons. The number of carbonyl (C=O) groups is 1. The van der Waals surface area contributed by atoms with E-state index in [9.17, 15) is 9.18 Å². The third-order valence-corrected chi connectivity index (χ3v) is 5.58. The zero-order valence-corrected chi connectivity index (χ0v) is 17.5. The molecule has 2 aromatic carbocycles. The normalized spacial score (nSPS) is 17.6. The molecule has 7 heteroatoms. The SMILES string of the molecule is CCOC(=O)C1=C(C)N=C2SC=CN2[C@H]1c1ccccc1OCc1cccc(F)c1. The molecule has 0 aliphatic carbocycles. The molecule has 2 aliphatic heterocycles. The molecule has 30 heavy (non-hydrogen) atoms. The van der Waals surface area contributed by atoms with Crippen molar-refractivity contribution in [1.82, 2.24) is 4.90 Å². The van der Waals surface area contributed by atoms with Crippen molar-refractivity contribution in [2.75, 3.05) is 6.61 Å². The number of carbonyl (C=O) groups excluding carboxylic acids is 1. The van der Waals surface area contributed by atoms with Crippen LogP contribution >= 0.6 is 11.8 Å². The van der Waals surface area contributed by atoms with Crippen molar-refractivity contribution in [1.29, 1.82) is 0 Å². The highest BCUT2D eigenvalue weighted by atomic mass is 32.2. The number of hydrogen-bond acceptors (Lipinski definition) is 6. The number of rotatable bonds is 6. The van der Waals surface area contributed by atoms with E-state index in [4.69, 9.17) is 9.47 Å². The van der Waals surface area contributed by atoms with Crippen LogP contribution in [0, 0.1) is 5.82 Å². The molecule has 0 fully saturated rings. The van der Waals surface area contributed by atoms with Crippen LogP contribution in [-0.4, -0.2) is 22.6 Å². The molecule has 0 spiro atoms. The van der Waals surface area contributed by atoms with Crippen molar-refractivity contribution in [3.63, 3.8) is 0 Å². The number of amidine groups is 1. The van der Waals surface area contributed by atoms with E-state index in [2.05, 4.69) is 4.99 Å². The summed E-state index contributed by atoms with van der Waals surface area (Å²) in [6, 6.07) is 13.4. The quantitative estimate of drug-likeness (QED) is 0.599. The Labute approximate surface area is 178 Å². The van der Waals surface area contributed by atoms with Crippen LogP contribution in [0.4, 0.5) is 4.39 Å². The van der Waals surface area contributed by atoms with E-state index >= 15 is 0 Å². The molecule has 2 heterocycles. The molecule has 0 saturated heterocycles. The minimum Gasteiger partial charge on any atom is -0.489 e. The lowest BCUT2D eigenvalue weighted by molar-refractivity contribution is -0.139. The number of allylic oxidation sites excluding steroid dienone is 1. The first-order chi connectivity index (χ1) is 14.6. The van der Waals surface area contributed by atoms with E-state index in [1.54, 1.807) is 13.0 Å². The van der Waals surface area contributed by atoms with Crippen molar-refractivity contribution in [2.24, 2.45) is 4.99 Å². The Kier molecular flexibility index (Phi) is 5.90. The second-order valence-corrected chi connectivity index (χ2v) is 7.66. The van der Waals surface area contributed by atoms with Gasteiger partial charge in [-0.05, 0) is 43.0 Å². The molecule has 0 unspecified atom stereocenters. The smallest absolute Gasteiger partial charge is 0.338 e. The first kappa shape index (κ1) is 20.2. The van der Waals surface area contributed by atoms with Crippen LogP contribution in [0.3, 0.4) is 0 Å². The van der Waals surface area contributed by atoms with Crippen LogP contribution in [0.5, 0.6) is 5.75 Å². The van der Waals surface area contributed by atoms with Gasteiger partial charge in [-0.2, -0.15) is 0 Å². The molecule has 1 atom stereocenters. The van der Waals surface area contributed by atoms with Gasteiger partial charge in [0.25, 0.3) is 0 Å². The summed E-state index contributed by atoms with van der Waals surface area (Å²) in [6.45, 7) is 4.09. The summed E-state index contributed by atoms with van der Waals surface area (Å²) in [5, 5.41) is 2.73. The fourth-order valence-corrected chi connectivity index (χ4v) is 4.29. The summed E-state index contributed by atoms with van der Waals surface area (Å²) in [6.07, 6.45) is 1.91. The summed E-state index contributed by atoms with van der Waals surface area (Å²) in [4.78, 5) is 19.3. The number of thioether (sulfide) groups is 1. The first-order valence-electron chi connectivity index (χ1n) is 9.63. The second-order valence-electron chi connectivity index (χ2n) is 6.78. The van der Waals surface area contributed by atoms with Crippen LogP contribution in [0.15, 0.2) is 76.4 Å². The average molecular weight is 424 g/mol. The molecule has 2 aromatic rings. The number of fused-ring (bicyclic) bond motifs is 1. The number of aliphatic imine (C=N–C) groups is 1. The average Bonchev–Trinajstić information content (AvgIpc) is 3.20. The standard InChI is InChI=1S/C23H21FN2O3S/c1-3-28-22(27)20-15(2)25-23-26(11-12-30-23)21(20)18-9-4-5-10-19(18)29-14-16-7-6-8-17(24)13-16/h4-13,21H,3,14H2,1-2H3/t21-/m0/s1. The lowest BCUT2D eigenvalue weighted by Gasteiger charge is -2.34. The van der Waals surface area contributed by atoms with Gasteiger partial charge in [0.05, 0.1) is 23.9 Å². The van der Waals surface area contributed by atoms with Crippen LogP contribution in [0.2, 0.25) is 0 Å². The van der Waals surface area contributed by atoms with E-state index < -0.39 is 12.0 Å². The highest BCUT2D eigenvalue weighted by Gasteiger charge is 2.38. The minimum absolute atomic E-state index is 0.213. The van der Waals surface area contributed by atoms with Gasteiger partial charge in [0.15, 0.2) is 5.17 Å². The molecule has 5 nitrogen and oxygen atoms in total. The summed E-state index contributed by atoms with van der Waals surface area (Å²) >= 11 is 1.50. The lowest BCUT2D eigenvalue weighted by atomic mass is 9.94. The Morgan fingerprint density at radius 2 is 2.07 bits per heavy atom. The van der Waals surface area contributed by atoms with Crippen LogP contribution in [0.25, 0.3) is 0 Å². The Morgan fingerprint density at radius 3 is 2.87 bits per heavy atom. The largest absolute Gasteiger partial charge is 0.489 e. The van der Waals surface area contributed by atoms with Gasteiger partial charge in [-0.15, -0.1) is 0 Å². The van der Waals surface area contributed by atoms with Crippen molar-refractivity contribution >= 4 is 22.9 Å². The first-order valence-corrected chi connectivity index (χ1v) is 10.5. The maximum Gasteiger partial charge on any atom is 0.338 e. The Balaban J connectivity index is 1.71. The molecule has 0 amide bonds. The third-order valence-electron chi connectivity index (χ3n) is 4.81. The number of hydrogen-bond donors (Lipinski definition) is 0. The second kappa shape index (κ2) is 8.75. The van der Waals surface area contributed by atoms with Gasteiger partial charge in [-0.1, -0.05) is 42.1 Å². The molecular formula is C23H21FN2O3S. The van der Waals surface area contributed by atoms with Gasteiger partial charge >= 0.3 is 5.97 Å². The van der Waals surface area contributed by atoms with E-state index in [0.29, 0.717) is 17.0 Å². The summed E-state index contributed by atoms with van der Waals surface area (Å²) in [7, 11) is 0. The summed E-state index contributed by atoms with van der Waals surface area (Å²) in [5.74, 6) is -0.0825. The molecule has 0 N–H and O–H groups in total. The molecule has 2 aliphatic rings. The minimum atomic E-state index is -0.425. The zero-order valence-electron chi connectivity index (χ0n) is 16.7. The van der Waals surface area contributed by atoms with Crippen LogP contribution in [0.1, 0.15) is 31.0 Å². The fraction of sp³-hybridized carbons (Fsp3) is 0.217. The van der Waals surface area contributed by atoms with Crippen molar-refractivity contribution in [3.05, 3.63) is 88.4 Å². The number of halogens is 1. The maximum atomic E-state index is 13.5. The molecule has 0 bridgehead atoms. The Bertz CT molecular complexity index is 1060. The van der Waals surface area contributed by atoms with Crippen molar-refractivity contribution in [2.45, 2.75) is 26.5 Å². The number of esters is 1. The number of ether oxygens (including phenoxy) is 2. The van der Waals surface area contributed by atoms with E-state index in [1.165, 1.54) is 23.9 Å². The zero-order chi connectivity index (χ0) is 21.1. The van der Waals surface area contributed by atoms with E-state index in [1.807, 2.05) is 53.8 Å². The summed E-state index contributed by atoms with van der Waals surface area (Å²) in [5.41, 5.74) is 2.65. The molecule has 0 radical (unpaired) electrons. The molecule has 0 aromatic heterocycles. The monoisotopic (exact) mass is 424 g/mol. The molecule has 0 saturated carbocycles. The van der Waals surface area contributed by atoms with Crippen molar-refractivity contribution < 1.29 is 18.7 Å². The molecule has 4 rings (SSSR count). The Hall–Kier alpha value is -3.06. The van der Waals surface area contributed by atoms with Crippen LogP contribution < -0.4 is 4.74 Å². The lowest BCUT2D eigenvalue weighted by Crippen LogP contribution is -2.34. The Morgan fingerprint density at radius 1 is 1.23 bits per heavy atom. The number of nitrogens with zero attached hydrogens (tertiary/aromatic N) is 2. The van der Waals surface area contributed by atoms with Gasteiger partial charge in [0, 0.05) is 11.8 Å². The van der Waals surface area contributed by atoms with E-state index in [0.717, 1.165) is 16.3 Å². The van der Waals surface area contributed by atoms with Gasteiger partial charge in [0.1, 0.15) is 18.2 Å².